The standard InChI is InChI=1S/C8H6BrF4N/c9-5-2-1-3-6(10)7(5)14-4-8(11,12)13/h1-3,14H,4H2. The van der Waals surface area contributed by atoms with Crippen LogP contribution in [0.5, 0.6) is 0 Å². The lowest BCUT2D eigenvalue weighted by Gasteiger charge is -2.11. The number of benzene rings is 1. The van der Waals surface area contributed by atoms with E-state index in [1.807, 2.05) is 5.32 Å². The first-order chi connectivity index (χ1) is 6.40. The molecule has 0 heterocycles. The van der Waals surface area contributed by atoms with Crippen molar-refractivity contribution in [3.05, 3.63) is 28.5 Å². The van der Waals surface area contributed by atoms with E-state index in [0.717, 1.165) is 6.07 Å². The number of rotatable bonds is 2. The smallest absolute Gasteiger partial charge is 0.373 e. The van der Waals surface area contributed by atoms with Crippen LogP contribution in [0.4, 0.5) is 23.2 Å². The van der Waals surface area contributed by atoms with Gasteiger partial charge in [0, 0.05) is 4.47 Å². The van der Waals surface area contributed by atoms with Gasteiger partial charge in [0.25, 0.3) is 0 Å². The zero-order chi connectivity index (χ0) is 10.8. The molecule has 0 spiro atoms. The summed E-state index contributed by atoms with van der Waals surface area (Å²) >= 11 is 2.94. The summed E-state index contributed by atoms with van der Waals surface area (Å²) in [6.45, 7) is -1.26. The van der Waals surface area contributed by atoms with Crippen molar-refractivity contribution in [1.29, 1.82) is 0 Å². The molecule has 6 heteroatoms. The number of halogens is 5. The summed E-state index contributed by atoms with van der Waals surface area (Å²) in [5, 5.41) is 1.97. The van der Waals surface area contributed by atoms with Crippen LogP contribution in [0.1, 0.15) is 0 Å². The molecule has 0 aliphatic rings. The normalized spacial score (nSPS) is 11.5. The van der Waals surface area contributed by atoms with Gasteiger partial charge in [-0.2, -0.15) is 13.2 Å². The van der Waals surface area contributed by atoms with E-state index >= 15 is 0 Å². The van der Waals surface area contributed by atoms with Crippen LogP contribution in [-0.4, -0.2) is 12.7 Å². The summed E-state index contributed by atoms with van der Waals surface area (Å²) in [6, 6.07) is 3.95. The monoisotopic (exact) mass is 271 g/mol. The van der Waals surface area contributed by atoms with Gasteiger partial charge in [0.15, 0.2) is 0 Å². The highest BCUT2D eigenvalue weighted by atomic mass is 79.9. The summed E-state index contributed by atoms with van der Waals surface area (Å²) in [6.07, 6.45) is -4.36. The van der Waals surface area contributed by atoms with Crippen LogP contribution in [0.25, 0.3) is 0 Å². The Hall–Kier alpha value is -0.780. The Balaban J connectivity index is 2.77. The average Bonchev–Trinajstić information content (AvgIpc) is 2.01. The van der Waals surface area contributed by atoms with Crippen LogP contribution < -0.4 is 5.32 Å². The fourth-order valence-electron chi connectivity index (χ4n) is 0.855. The minimum atomic E-state index is -4.36. The van der Waals surface area contributed by atoms with Crippen molar-refractivity contribution in [2.24, 2.45) is 0 Å². The summed E-state index contributed by atoms with van der Waals surface area (Å²) in [5.74, 6) is -0.719. The van der Waals surface area contributed by atoms with Crippen molar-refractivity contribution in [3.8, 4) is 0 Å². The molecule has 0 radical (unpaired) electrons. The highest BCUT2D eigenvalue weighted by molar-refractivity contribution is 9.10. The molecule has 1 aromatic carbocycles. The first kappa shape index (κ1) is 11.3. The number of hydrogen-bond acceptors (Lipinski definition) is 1. The van der Waals surface area contributed by atoms with Crippen molar-refractivity contribution < 1.29 is 17.6 Å². The molecule has 1 rings (SSSR count). The van der Waals surface area contributed by atoms with E-state index in [4.69, 9.17) is 0 Å². The van der Waals surface area contributed by atoms with Crippen LogP contribution in [0.2, 0.25) is 0 Å². The van der Waals surface area contributed by atoms with Gasteiger partial charge in [0.1, 0.15) is 12.4 Å². The quantitative estimate of drug-likeness (QED) is 0.811. The Kier molecular flexibility index (Phi) is 3.36. The topological polar surface area (TPSA) is 12.0 Å². The second kappa shape index (κ2) is 4.16. The fraction of sp³-hybridized carbons (Fsp3) is 0.250. The minimum Gasteiger partial charge on any atom is -0.373 e. The van der Waals surface area contributed by atoms with Gasteiger partial charge in [-0.1, -0.05) is 6.07 Å². The van der Waals surface area contributed by atoms with Crippen molar-refractivity contribution in [2.75, 3.05) is 11.9 Å². The molecule has 0 amide bonds. The molecular formula is C8H6BrF4N. The summed E-state index contributed by atoms with van der Waals surface area (Å²) in [5.41, 5.74) is -0.176. The van der Waals surface area contributed by atoms with Gasteiger partial charge in [-0.3, -0.25) is 0 Å². The maximum absolute atomic E-state index is 13.0. The van der Waals surface area contributed by atoms with E-state index in [1.54, 1.807) is 0 Å². The molecule has 0 aliphatic carbocycles. The summed E-state index contributed by atoms with van der Waals surface area (Å²) in [4.78, 5) is 0. The predicted octanol–water partition coefficient (Wildman–Crippen LogP) is 3.56. The van der Waals surface area contributed by atoms with Crippen LogP contribution in [0, 0.1) is 5.82 Å². The largest absolute Gasteiger partial charge is 0.405 e. The van der Waals surface area contributed by atoms with Crippen molar-refractivity contribution in [1.82, 2.24) is 0 Å². The van der Waals surface area contributed by atoms with Gasteiger partial charge in [0.05, 0.1) is 5.69 Å². The number of para-hydroxylation sites is 1. The molecule has 1 nitrogen and oxygen atoms in total. The third-order valence-electron chi connectivity index (χ3n) is 1.43. The van der Waals surface area contributed by atoms with Crippen LogP contribution in [-0.2, 0) is 0 Å². The molecule has 0 saturated heterocycles. The minimum absolute atomic E-state index is 0.176. The van der Waals surface area contributed by atoms with Gasteiger partial charge >= 0.3 is 6.18 Å². The SMILES string of the molecule is Fc1cccc(Br)c1NCC(F)(F)F. The lowest BCUT2D eigenvalue weighted by atomic mass is 10.3. The number of hydrogen-bond donors (Lipinski definition) is 1. The van der Waals surface area contributed by atoms with Gasteiger partial charge < -0.3 is 5.32 Å². The van der Waals surface area contributed by atoms with E-state index in [1.165, 1.54) is 12.1 Å². The highest BCUT2D eigenvalue weighted by Gasteiger charge is 2.27. The highest BCUT2D eigenvalue weighted by Crippen LogP contribution is 2.26. The Morgan fingerprint density at radius 3 is 2.43 bits per heavy atom. The molecule has 78 valence electrons. The van der Waals surface area contributed by atoms with E-state index in [9.17, 15) is 17.6 Å². The van der Waals surface area contributed by atoms with Crippen LogP contribution >= 0.6 is 15.9 Å². The van der Waals surface area contributed by atoms with Crippen molar-refractivity contribution >= 4 is 21.6 Å². The fourth-order valence-corrected chi connectivity index (χ4v) is 1.34. The molecule has 0 unspecified atom stereocenters. The average molecular weight is 272 g/mol. The third kappa shape index (κ3) is 3.17. The Morgan fingerprint density at radius 1 is 1.29 bits per heavy atom. The van der Waals surface area contributed by atoms with Crippen molar-refractivity contribution in [2.45, 2.75) is 6.18 Å². The van der Waals surface area contributed by atoms with Gasteiger partial charge in [-0.15, -0.1) is 0 Å². The lowest BCUT2D eigenvalue weighted by Crippen LogP contribution is -2.21. The molecule has 0 saturated carbocycles. The van der Waals surface area contributed by atoms with E-state index < -0.39 is 18.5 Å². The first-order valence-electron chi connectivity index (χ1n) is 3.65. The van der Waals surface area contributed by atoms with E-state index in [-0.39, 0.29) is 10.2 Å². The number of alkyl halides is 3. The molecule has 0 fully saturated rings. The Morgan fingerprint density at radius 2 is 1.93 bits per heavy atom. The third-order valence-corrected chi connectivity index (χ3v) is 2.09. The predicted molar refractivity (Wildman–Crippen MR) is 48.6 cm³/mol. The number of anilines is 1. The molecule has 0 bridgehead atoms. The van der Waals surface area contributed by atoms with Gasteiger partial charge in [-0.25, -0.2) is 4.39 Å². The Bertz CT molecular complexity index is 303. The van der Waals surface area contributed by atoms with Gasteiger partial charge in [0.2, 0.25) is 0 Å². The molecule has 1 N–H and O–H groups in total. The maximum Gasteiger partial charge on any atom is 0.405 e. The molecule has 0 atom stereocenters. The van der Waals surface area contributed by atoms with Crippen molar-refractivity contribution in [3.63, 3.8) is 0 Å². The molecule has 1 aromatic rings. The zero-order valence-electron chi connectivity index (χ0n) is 6.83. The second-order valence-corrected chi connectivity index (χ2v) is 3.42. The zero-order valence-corrected chi connectivity index (χ0v) is 8.41. The second-order valence-electron chi connectivity index (χ2n) is 2.57. The Labute approximate surface area is 86.2 Å². The number of nitrogens with one attached hydrogen (secondary N) is 1. The van der Waals surface area contributed by atoms with Crippen LogP contribution in [0.3, 0.4) is 0 Å². The van der Waals surface area contributed by atoms with E-state index in [2.05, 4.69) is 15.9 Å². The molecule has 14 heavy (non-hydrogen) atoms. The molecule has 0 aromatic heterocycles. The summed E-state index contributed by atoms with van der Waals surface area (Å²) < 4.78 is 48.6. The summed E-state index contributed by atoms with van der Waals surface area (Å²) in [7, 11) is 0. The maximum atomic E-state index is 13.0. The lowest BCUT2D eigenvalue weighted by molar-refractivity contribution is -0.115. The van der Waals surface area contributed by atoms with E-state index in [0.29, 0.717) is 0 Å². The first-order valence-corrected chi connectivity index (χ1v) is 4.44. The molecule has 0 aliphatic heterocycles. The molecular weight excluding hydrogens is 266 g/mol. The van der Waals surface area contributed by atoms with Gasteiger partial charge in [-0.05, 0) is 28.1 Å². The van der Waals surface area contributed by atoms with Crippen LogP contribution in [0.15, 0.2) is 22.7 Å².